The Balaban J connectivity index is 4.18. The second-order valence-corrected chi connectivity index (χ2v) is 6.04. The van der Waals surface area contributed by atoms with Gasteiger partial charge in [0, 0.05) is 0 Å². The third-order valence-corrected chi connectivity index (χ3v) is 4.84. The highest BCUT2D eigenvalue weighted by molar-refractivity contribution is 6.27. The molecule has 0 aromatic rings. The van der Waals surface area contributed by atoms with Crippen LogP contribution in [0, 0.1) is 0 Å². The van der Waals surface area contributed by atoms with Gasteiger partial charge in [0.05, 0.1) is 5.60 Å². The maximum absolute atomic E-state index is 6.33. The van der Waals surface area contributed by atoms with Crippen LogP contribution in [0.2, 0.25) is 6.04 Å². The van der Waals surface area contributed by atoms with E-state index < -0.39 is 0 Å². The summed E-state index contributed by atoms with van der Waals surface area (Å²) >= 11 is 0. The van der Waals surface area contributed by atoms with E-state index in [0.717, 1.165) is 0 Å². The van der Waals surface area contributed by atoms with Gasteiger partial charge in [-0.1, -0.05) is 53.4 Å². The lowest BCUT2D eigenvalue weighted by Gasteiger charge is -2.34. The van der Waals surface area contributed by atoms with Gasteiger partial charge in [0.25, 0.3) is 0 Å². The lowest BCUT2D eigenvalue weighted by molar-refractivity contribution is 0.0423. The molecule has 0 aromatic heterocycles. The molecule has 1 nitrogen and oxygen atoms in total. The summed E-state index contributed by atoms with van der Waals surface area (Å²) in [4.78, 5) is 0. The zero-order chi connectivity index (χ0) is 11.6. The van der Waals surface area contributed by atoms with Crippen molar-refractivity contribution in [3.8, 4) is 0 Å². The molecule has 0 aliphatic rings. The summed E-state index contributed by atoms with van der Waals surface area (Å²) in [6.07, 6.45) is 8.90. The Morgan fingerprint density at radius 3 is 1.60 bits per heavy atom. The molecule has 15 heavy (non-hydrogen) atoms. The molecule has 0 heterocycles. The van der Waals surface area contributed by atoms with Crippen molar-refractivity contribution in [2.24, 2.45) is 0 Å². The molecule has 0 saturated carbocycles. The monoisotopic (exact) mass is 230 g/mol. The van der Waals surface area contributed by atoms with Crippen molar-refractivity contribution in [1.82, 2.24) is 0 Å². The number of hydrogen-bond donors (Lipinski definition) is 0. The largest absolute Gasteiger partial charge is 0.419 e. The first kappa shape index (κ1) is 15.2. The molecule has 0 aromatic carbocycles. The minimum Gasteiger partial charge on any atom is -0.419 e. The molecule has 0 fully saturated rings. The van der Waals surface area contributed by atoms with Crippen LogP contribution >= 0.6 is 0 Å². The molecule has 0 radical (unpaired) electrons. The van der Waals surface area contributed by atoms with Gasteiger partial charge < -0.3 is 4.43 Å². The molecule has 0 N–H and O–H groups in total. The first-order valence-electron chi connectivity index (χ1n) is 6.88. The minimum absolute atomic E-state index is 0.254. The maximum Gasteiger partial charge on any atom is 0.162 e. The average molecular weight is 230 g/mol. The van der Waals surface area contributed by atoms with E-state index in [2.05, 4.69) is 27.7 Å². The Morgan fingerprint density at radius 1 is 0.800 bits per heavy atom. The highest BCUT2D eigenvalue weighted by Crippen LogP contribution is 2.29. The normalized spacial score (nSPS) is 12.8. The molecule has 92 valence electrons. The van der Waals surface area contributed by atoms with Crippen molar-refractivity contribution in [2.45, 2.75) is 84.3 Å². The van der Waals surface area contributed by atoms with Crippen molar-refractivity contribution in [3.63, 3.8) is 0 Å². The van der Waals surface area contributed by atoms with Crippen LogP contribution in [-0.2, 0) is 4.43 Å². The molecule has 0 amide bonds. The van der Waals surface area contributed by atoms with E-state index in [4.69, 9.17) is 4.43 Å². The molecule has 0 saturated heterocycles. The summed E-state index contributed by atoms with van der Waals surface area (Å²) in [5, 5.41) is 0. The lowest BCUT2D eigenvalue weighted by Crippen LogP contribution is -2.33. The Hall–Kier alpha value is 0.177. The van der Waals surface area contributed by atoms with Crippen molar-refractivity contribution in [3.05, 3.63) is 0 Å². The third-order valence-electron chi connectivity index (χ3n) is 3.02. The quantitative estimate of drug-likeness (QED) is 0.406. The summed E-state index contributed by atoms with van der Waals surface area (Å²) in [6.45, 7) is 9.11. The SMILES string of the molecule is CCC[SiH2]OC(CCC)(CCC)CCC. The van der Waals surface area contributed by atoms with Gasteiger partial charge in [-0.3, -0.25) is 0 Å². The number of rotatable bonds is 10. The minimum atomic E-state index is -0.254. The maximum atomic E-state index is 6.33. The zero-order valence-corrected chi connectivity index (χ0v) is 12.7. The first-order valence-corrected chi connectivity index (χ1v) is 8.46. The van der Waals surface area contributed by atoms with Crippen molar-refractivity contribution >= 4 is 9.76 Å². The van der Waals surface area contributed by atoms with Crippen LogP contribution in [-0.4, -0.2) is 15.4 Å². The summed E-state index contributed by atoms with van der Waals surface area (Å²) in [6, 6.07) is 1.35. The Kier molecular flexibility index (Phi) is 9.52. The Morgan fingerprint density at radius 2 is 1.27 bits per heavy atom. The average Bonchev–Trinajstić information content (AvgIpc) is 2.19. The van der Waals surface area contributed by atoms with Gasteiger partial charge in [-0.2, -0.15) is 0 Å². The second-order valence-electron chi connectivity index (χ2n) is 4.64. The van der Waals surface area contributed by atoms with Gasteiger partial charge >= 0.3 is 0 Å². The van der Waals surface area contributed by atoms with E-state index in [1.807, 2.05) is 0 Å². The third kappa shape index (κ3) is 6.36. The van der Waals surface area contributed by atoms with Gasteiger partial charge in [0.15, 0.2) is 9.76 Å². The fourth-order valence-corrected chi connectivity index (χ4v) is 3.69. The zero-order valence-electron chi connectivity index (χ0n) is 11.3. The second kappa shape index (κ2) is 9.41. The molecule has 0 bridgehead atoms. The van der Waals surface area contributed by atoms with E-state index in [9.17, 15) is 0 Å². The highest BCUT2D eigenvalue weighted by atomic mass is 28.2. The molecule has 0 spiro atoms. The van der Waals surface area contributed by atoms with E-state index in [0.29, 0.717) is 0 Å². The standard InChI is InChI=1S/C13H30OSi/c1-5-9-13(10-6-2,11-7-3)14-15-12-8-4/h5-12,15H2,1-4H3. The smallest absolute Gasteiger partial charge is 0.162 e. The van der Waals surface area contributed by atoms with Crippen LogP contribution in [0.3, 0.4) is 0 Å². The van der Waals surface area contributed by atoms with E-state index in [1.54, 1.807) is 0 Å². The Labute approximate surface area is 98.9 Å². The molecule has 0 rings (SSSR count). The van der Waals surface area contributed by atoms with Gasteiger partial charge in [-0.15, -0.1) is 0 Å². The van der Waals surface area contributed by atoms with Crippen molar-refractivity contribution < 1.29 is 4.43 Å². The van der Waals surface area contributed by atoms with E-state index in [-0.39, 0.29) is 15.4 Å². The number of hydrogen-bond acceptors (Lipinski definition) is 1. The topological polar surface area (TPSA) is 9.23 Å². The predicted octanol–water partition coefficient (Wildman–Crippen LogP) is 4.05. The van der Waals surface area contributed by atoms with Crippen LogP contribution in [0.25, 0.3) is 0 Å². The van der Waals surface area contributed by atoms with Crippen molar-refractivity contribution in [1.29, 1.82) is 0 Å². The van der Waals surface area contributed by atoms with Crippen LogP contribution in [0.1, 0.15) is 72.6 Å². The molecular weight excluding hydrogens is 200 g/mol. The van der Waals surface area contributed by atoms with Gasteiger partial charge in [-0.25, -0.2) is 0 Å². The van der Waals surface area contributed by atoms with E-state index >= 15 is 0 Å². The van der Waals surface area contributed by atoms with Gasteiger partial charge in [0.1, 0.15) is 0 Å². The fraction of sp³-hybridized carbons (Fsp3) is 1.00. The van der Waals surface area contributed by atoms with E-state index in [1.165, 1.54) is 51.0 Å². The predicted molar refractivity (Wildman–Crippen MR) is 72.2 cm³/mol. The summed E-state index contributed by atoms with van der Waals surface area (Å²) in [5.41, 5.74) is 0.264. The molecule has 2 heteroatoms. The van der Waals surface area contributed by atoms with Crippen LogP contribution in [0.15, 0.2) is 0 Å². The molecular formula is C13H30OSi. The molecule has 0 unspecified atom stereocenters. The first-order chi connectivity index (χ1) is 7.24. The van der Waals surface area contributed by atoms with Crippen LogP contribution in [0.4, 0.5) is 0 Å². The lowest BCUT2D eigenvalue weighted by atomic mass is 9.88. The summed E-state index contributed by atoms with van der Waals surface area (Å²) < 4.78 is 6.33. The summed E-state index contributed by atoms with van der Waals surface area (Å²) in [5.74, 6) is 0. The van der Waals surface area contributed by atoms with Crippen LogP contribution < -0.4 is 0 Å². The van der Waals surface area contributed by atoms with Gasteiger partial charge in [-0.05, 0) is 25.3 Å². The fourth-order valence-electron chi connectivity index (χ4n) is 2.39. The Bertz CT molecular complexity index is 119. The van der Waals surface area contributed by atoms with Crippen LogP contribution in [0.5, 0.6) is 0 Å². The van der Waals surface area contributed by atoms with Gasteiger partial charge in [0.2, 0.25) is 0 Å². The molecule has 0 atom stereocenters. The summed E-state index contributed by atoms with van der Waals surface area (Å²) in [7, 11) is -0.254. The van der Waals surface area contributed by atoms with Crippen molar-refractivity contribution in [2.75, 3.05) is 0 Å². The molecule has 0 aliphatic heterocycles. The molecule has 0 aliphatic carbocycles. The highest BCUT2D eigenvalue weighted by Gasteiger charge is 2.27.